The van der Waals surface area contributed by atoms with Crippen molar-refractivity contribution in [3.63, 3.8) is 0 Å². The quantitative estimate of drug-likeness (QED) is 0.184. The molecule has 12 heteroatoms. The Labute approximate surface area is 253 Å². The summed E-state index contributed by atoms with van der Waals surface area (Å²) in [5.41, 5.74) is 3.20. The van der Waals surface area contributed by atoms with E-state index in [1.807, 2.05) is 23.8 Å². The third kappa shape index (κ3) is 7.72. The van der Waals surface area contributed by atoms with Crippen molar-refractivity contribution in [1.29, 1.82) is 0 Å². The standard InChI is InChI=1S/C31H31N3O7S2/c1-3-9-24-25(42-30(32-24)29(37)33-27(28(36)31(38)39)22-10-5-4-6-11-22)18-20-14-16-21(17-15-20)23-12-7-8-13-26(23)43(40,41)34-19(2)35/h4-8,10-17,27-28,36H,3,9,18H2,1-2H3,(H,33,37)(H,34,35)(H,38,39). The highest BCUT2D eigenvalue weighted by atomic mass is 32.2. The Morgan fingerprint density at radius 3 is 2.23 bits per heavy atom. The first-order chi connectivity index (χ1) is 20.5. The molecule has 2 atom stereocenters. The number of aliphatic carboxylic acids is 1. The number of aromatic nitrogens is 1. The van der Waals surface area contributed by atoms with Crippen LogP contribution in [0.3, 0.4) is 0 Å². The zero-order valence-electron chi connectivity index (χ0n) is 23.5. The van der Waals surface area contributed by atoms with Crippen LogP contribution in [0.2, 0.25) is 0 Å². The van der Waals surface area contributed by atoms with Gasteiger partial charge in [-0.2, -0.15) is 0 Å². The maximum absolute atomic E-state index is 13.2. The summed E-state index contributed by atoms with van der Waals surface area (Å²) in [5, 5.41) is 22.5. The number of amides is 2. The van der Waals surface area contributed by atoms with E-state index in [1.54, 1.807) is 60.7 Å². The van der Waals surface area contributed by atoms with E-state index in [0.29, 0.717) is 29.5 Å². The summed E-state index contributed by atoms with van der Waals surface area (Å²) >= 11 is 1.20. The molecule has 224 valence electrons. The number of rotatable bonds is 12. The number of aryl methyl sites for hydroxylation is 1. The minimum atomic E-state index is -4.04. The number of carboxylic acids is 1. The second-order valence-corrected chi connectivity index (χ2v) is 12.5. The number of aliphatic hydroxyl groups excluding tert-OH is 1. The molecule has 4 rings (SSSR count). The van der Waals surface area contributed by atoms with Crippen LogP contribution in [0.4, 0.5) is 0 Å². The highest BCUT2D eigenvalue weighted by molar-refractivity contribution is 7.90. The second-order valence-electron chi connectivity index (χ2n) is 9.82. The smallest absolute Gasteiger partial charge is 0.335 e. The molecule has 0 saturated heterocycles. The van der Waals surface area contributed by atoms with E-state index in [9.17, 15) is 33.0 Å². The number of hydrogen-bond donors (Lipinski definition) is 4. The number of carbonyl (C=O) groups excluding carboxylic acids is 2. The number of hydrogen-bond acceptors (Lipinski definition) is 8. The van der Waals surface area contributed by atoms with Gasteiger partial charge in [0, 0.05) is 23.8 Å². The van der Waals surface area contributed by atoms with E-state index in [0.717, 1.165) is 29.5 Å². The number of thiazole rings is 1. The van der Waals surface area contributed by atoms with Crippen LogP contribution in [-0.2, 0) is 32.5 Å². The lowest BCUT2D eigenvalue weighted by Crippen LogP contribution is -2.40. The van der Waals surface area contributed by atoms with E-state index in [-0.39, 0.29) is 9.90 Å². The van der Waals surface area contributed by atoms with Gasteiger partial charge in [0.1, 0.15) is 0 Å². The molecule has 0 radical (unpaired) electrons. The van der Waals surface area contributed by atoms with Crippen LogP contribution in [0, 0.1) is 0 Å². The maximum Gasteiger partial charge on any atom is 0.335 e. The molecule has 1 aromatic heterocycles. The fraction of sp³-hybridized carbons (Fsp3) is 0.226. The lowest BCUT2D eigenvalue weighted by atomic mass is 10.0. The SMILES string of the molecule is CCCc1nc(C(=O)NC(c2ccccc2)C(O)C(=O)O)sc1Cc1ccc(-c2ccccc2S(=O)(=O)NC(C)=O)cc1. The molecule has 0 saturated carbocycles. The molecule has 43 heavy (non-hydrogen) atoms. The van der Waals surface area contributed by atoms with Crippen LogP contribution in [-0.4, -0.2) is 47.5 Å². The molecule has 3 aromatic carbocycles. The molecule has 0 fully saturated rings. The average Bonchev–Trinajstić information content (AvgIpc) is 3.38. The lowest BCUT2D eigenvalue weighted by Gasteiger charge is -2.21. The van der Waals surface area contributed by atoms with E-state index in [4.69, 9.17) is 0 Å². The highest BCUT2D eigenvalue weighted by Crippen LogP contribution is 2.29. The van der Waals surface area contributed by atoms with Crippen molar-refractivity contribution >= 4 is 39.1 Å². The van der Waals surface area contributed by atoms with Gasteiger partial charge >= 0.3 is 5.97 Å². The fourth-order valence-corrected chi connectivity index (χ4v) is 6.84. The van der Waals surface area contributed by atoms with E-state index >= 15 is 0 Å². The first-order valence-corrected chi connectivity index (χ1v) is 15.8. The van der Waals surface area contributed by atoms with Gasteiger partial charge in [-0.15, -0.1) is 11.3 Å². The first-order valence-electron chi connectivity index (χ1n) is 13.5. The predicted octanol–water partition coefficient (Wildman–Crippen LogP) is 4.09. The van der Waals surface area contributed by atoms with Gasteiger partial charge in [0.15, 0.2) is 11.1 Å². The lowest BCUT2D eigenvalue weighted by molar-refractivity contribution is -0.148. The van der Waals surface area contributed by atoms with Gasteiger partial charge in [-0.05, 0) is 29.2 Å². The minimum Gasteiger partial charge on any atom is -0.479 e. The molecule has 0 aliphatic rings. The Bertz CT molecular complexity index is 1720. The Balaban J connectivity index is 1.58. The van der Waals surface area contributed by atoms with E-state index < -0.39 is 40.0 Å². The van der Waals surface area contributed by atoms with Crippen LogP contribution < -0.4 is 10.0 Å². The van der Waals surface area contributed by atoms with E-state index in [2.05, 4.69) is 10.3 Å². The Hall–Kier alpha value is -4.39. The normalized spacial score (nSPS) is 12.7. The van der Waals surface area contributed by atoms with Gasteiger partial charge in [-0.3, -0.25) is 9.59 Å². The molecule has 0 aliphatic carbocycles. The van der Waals surface area contributed by atoms with Crippen LogP contribution in [0.25, 0.3) is 11.1 Å². The molecular weight excluding hydrogens is 590 g/mol. The van der Waals surface area contributed by atoms with Crippen molar-refractivity contribution in [2.75, 3.05) is 0 Å². The molecule has 2 amide bonds. The summed E-state index contributed by atoms with van der Waals surface area (Å²) in [4.78, 5) is 41.6. The summed E-state index contributed by atoms with van der Waals surface area (Å²) in [6, 6.07) is 20.9. The molecule has 4 N–H and O–H groups in total. The molecule has 0 spiro atoms. The zero-order chi connectivity index (χ0) is 31.1. The summed E-state index contributed by atoms with van der Waals surface area (Å²) in [6.07, 6.45) is 0.0380. The van der Waals surface area contributed by atoms with Crippen molar-refractivity contribution < 1.29 is 33.0 Å². The third-order valence-electron chi connectivity index (χ3n) is 6.56. The molecule has 0 aliphatic heterocycles. The summed E-state index contributed by atoms with van der Waals surface area (Å²) < 4.78 is 27.4. The zero-order valence-corrected chi connectivity index (χ0v) is 25.1. The number of carboxylic acid groups (broad SMARTS) is 1. The van der Waals surface area contributed by atoms with Crippen molar-refractivity contribution in [2.45, 2.75) is 50.2 Å². The maximum atomic E-state index is 13.2. The highest BCUT2D eigenvalue weighted by Gasteiger charge is 2.30. The molecule has 4 aromatic rings. The van der Waals surface area contributed by atoms with Gasteiger partial charge in [-0.25, -0.2) is 22.9 Å². The first kappa shape index (κ1) is 31.5. The number of nitrogens with one attached hydrogen (secondary N) is 2. The van der Waals surface area contributed by atoms with Gasteiger partial charge in [0.2, 0.25) is 5.91 Å². The average molecular weight is 622 g/mol. The van der Waals surface area contributed by atoms with Crippen LogP contribution >= 0.6 is 11.3 Å². The molecule has 0 bridgehead atoms. The number of carbonyl (C=O) groups is 3. The monoisotopic (exact) mass is 621 g/mol. The van der Waals surface area contributed by atoms with Crippen molar-refractivity contribution in [3.8, 4) is 11.1 Å². The third-order valence-corrected chi connectivity index (χ3v) is 9.15. The van der Waals surface area contributed by atoms with Gasteiger partial charge in [0.05, 0.1) is 16.6 Å². The number of sulfonamides is 1. The minimum absolute atomic E-state index is 0.0110. The topological polar surface area (TPSA) is 163 Å². The molecule has 10 nitrogen and oxygen atoms in total. The van der Waals surface area contributed by atoms with Gasteiger partial charge in [0.25, 0.3) is 15.9 Å². The molecule has 2 unspecified atom stereocenters. The van der Waals surface area contributed by atoms with Gasteiger partial charge in [-0.1, -0.05) is 86.1 Å². The van der Waals surface area contributed by atoms with E-state index in [1.165, 1.54) is 17.4 Å². The van der Waals surface area contributed by atoms with Crippen molar-refractivity contribution in [1.82, 2.24) is 15.0 Å². The fourth-order valence-electron chi connectivity index (χ4n) is 4.57. The Morgan fingerprint density at radius 1 is 0.953 bits per heavy atom. The molecule has 1 heterocycles. The Morgan fingerprint density at radius 2 is 1.60 bits per heavy atom. The largest absolute Gasteiger partial charge is 0.479 e. The van der Waals surface area contributed by atoms with Crippen LogP contribution in [0.5, 0.6) is 0 Å². The number of aliphatic hydroxyl groups is 1. The van der Waals surface area contributed by atoms with Crippen LogP contribution in [0.1, 0.15) is 57.8 Å². The summed E-state index contributed by atoms with van der Waals surface area (Å²) in [6.45, 7) is 3.13. The van der Waals surface area contributed by atoms with Crippen molar-refractivity contribution in [2.24, 2.45) is 0 Å². The predicted molar refractivity (Wildman–Crippen MR) is 162 cm³/mol. The number of nitrogens with zero attached hydrogens (tertiary/aromatic N) is 1. The molecular formula is C31H31N3O7S2. The Kier molecular flexibility index (Phi) is 10.1. The van der Waals surface area contributed by atoms with Crippen molar-refractivity contribution in [3.05, 3.63) is 106 Å². The summed E-state index contributed by atoms with van der Waals surface area (Å²) in [7, 11) is -4.04. The van der Waals surface area contributed by atoms with Gasteiger partial charge < -0.3 is 15.5 Å². The second kappa shape index (κ2) is 13.7. The van der Waals surface area contributed by atoms with Crippen LogP contribution in [0.15, 0.2) is 83.8 Å². The number of benzene rings is 3. The summed E-state index contributed by atoms with van der Waals surface area (Å²) in [5.74, 6) is -2.73.